The first-order chi connectivity index (χ1) is 7.42. The quantitative estimate of drug-likeness (QED) is 0.876. The maximum Gasteiger partial charge on any atom is 0.123 e. The number of ether oxygens (including phenoxy) is 1. The van der Waals surface area contributed by atoms with Crippen molar-refractivity contribution in [1.29, 1.82) is 0 Å². The fraction of sp³-hybridized carbons (Fsp3) is 0.500. The van der Waals surface area contributed by atoms with Crippen molar-refractivity contribution in [1.82, 2.24) is 0 Å². The second-order valence-corrected chi connectivity index (χ2v) is 4.51. The number of hydrogen-bond acceptors (Lipinski definition) is 3. The molecular formula is C12H19ClFNO2. The monoisotopic (exact) mass is 263 g/mol. The fourth-order valence-corrected chi connectivity index (χ4v) is 1.47. The summed E-state index contributed by atoms with van der Waals surface area (Å²) in [6, 6.07) is 3.73. The molecule has 0 radical (unpaired) electrons. The molecule has 1 aromatic rings. The molecule has 1 atom stereocenters. The van der Waals surface area contributed by atoms with E-state index in [1.165, 1.54) is 25.3 Å². The molecule has 0 unspecified atom stereocenters. The smallest absolute Gasteiger partial charge is 0.123 e. The molecule has 0 heterocycles. The van der Waals surface area contributed by atoms with Crippen LogP contribution in [0.5, 0.6) is 5.75 Å². The molecule has 3 nitrogen and oxygen atoms in total. The zero-order valence-electron chi connectivity index (χ0n) is 10.2. The second kappa shape index (κ2) is 6.19. The number of benzene rings is 1. The first-order valence-corrected chi connectivity index (χ1v) is 5.12. The number of halogens is 2. The molecule has 1 aromatic carbocycles. The molecule has 0 fully saturated rings. The molecule has 0 aliphatic rings. The van der Waals surface area contributed by atoms with E-state index in [-0.39, 0.29) is 24.8 Å². The summed E-state index contributed by atoms with van der Waals surface area (Å²) in [6.45, 7) is 3.57. The lowest BCUT2D eigenvalue weighted by molar-refractivity contribution is 0.131. The van der Waals surface area contributed by atoms with Gasteiger partial charge in [-0.25, -0.2) is 4.39 Å². The third kappa shape index (κ3) is 3.56. The highest BCUT2D eigenvalue weighted by Gasteiger charge is 2.29. The van der Waals surface area contributed by atoms with Crippen molar-refractivity contribution in [2.45, 2.75) is 19.9 Å². The minimum absolute atomic E-state index is 0. The van der Waals surface area contributed by atoms with Crippen LogP contribution in [0.4, 0.5) is 4.39 Å². The molecule has 0 bridgehead atoms. The molecule has 5 heteroatoms. The average Bonchev–Trinajstić information content (AvgIpc) is 2.28. The summed E-state index contributed by atoms with van der Waals surface area (Å²) < 4.78 is 18.3. The number of aliphatic hydroxyl groups is 1. The van der Waals surface area contributed by atoms with Gasteiger partial charge in [-0.2, -0.15) is 0 Å². The van der Waals surface area contributed by atoms with Gasteiger partial charge < -0.3 is 15.6 Å². The van der Waals surface area contributed by atoms with Gasteiger partial charge in [0.1, 0.15) is 11.6 Å². The van der Waals surface area contributed by atoms with Crippen LogP contribution in [0.1, 0.15) is 25.5 Å². The average molecular weight is 264 g/mol. The number of nitrogens with two attached hydrogens (primary N) is 1. The summed E-state index contributed by atoms with van der Waals surface area (Å²) in [5.41, 5.74) is 6.07. The van der Waals surface area contributed by atoms with E-state index >= 15 is 0 Å². The Labute approximate surface area is 107 Å². The molecule has 0 aromatic heterocycles. The Kier molecular flexibility index (Phi) is 5.88. The van der Waals surface area contributed by atoms with Crippen molar-refractivity contribution in [3.8, 4) is 5.75 Å². The summed E-state index contributed by atoms with van der Waals surface area (Å²) in [5, 5.41) is 9.24. The van der Waals surface area contributed by atoms with E-state index in [0.29, 0.717) is 11.3 Å². The van der Waals surface area contributed by atoms with Crippen molar-refractivity contribution < 1.29 is 14.2 Å². The van der Waals surface area contributed by atoms with Crippen molar-refractivity contribution in [2.24, 2.45) is 11.1 Å². The topological polar surface area (TPSA) is 55.5 Å². The first kappa shape index (κ1) is 16.2. The van der Waals surface area contributed by atoms with Gasteiger partial charge in [0.15, 0.2) is 0 Å². The third-order valence-corrected chi connectivity index (χ3v) is 2.78. The predicted octanol–water partition coefficient (Wildman–Crippen LogP) is 2.27. The third-order valence-electron chi connectivity index (χ3n) is 2.78. The van der Waals surface area contributed by atoms with Crippen molar-refractivity contribution in [3.05, 3.63) is 29.6 Å². The van der Waals surface area contributed by atoms with E-state index in [2.05, 4.69) is 0 Å². The number of aliphatic hydroxyl groups excluding tert-OH is 1. The van der Waals surface area contributed by atoms with E-state index < -0.39 is 11.5 Å². The molecule has 0 amide bonds. The Morgan fingerprint density at radius 2 is 2.06 bits per heavy atom. The number of rotatable bonds is 4. The summed E-state index contributed by atoms with van der Waals surface area (Å²) in [7, 11) is 1.51. The molecule has 0 spiro atoms. The first-order valence-electron chi connectivity index (χ1n) is 5.12. The van der Waals surface area contributed by atoms with Crippen LogP contribution in [0.2, 0.25) is 0 Å². The number of hydrogen-bond donors (Lipinski definition) is 2. The zero-order chi connectivity index (χ0) is 12.3. The Morgan fingerprint density at radius 1 is 1.47 bits per heavy atom. The molecule has 1 rings (SSSR count). The molecule has 17 heavy (non-hydrogen) atoms. The van der Waals surface area contributed by atoms with Gasteiger partial charge in [-0.05, 0) is 18.2 Å². The van der Waals surface area contributed by atoms with E-state index in [4.69, 9.17) is 10.5 Å². The van der Waals surface area contributed by atoms with Crippen LogP contribution in [0, 0.1) is 11.2 Å². The maximum absolute atomic E-state index is 13.2. The molecule has 3 N–H and O–H groups in total. The van der Waals surface area contributed by atoms with Gasteiger partial charge in [0.25, 0.3) is 0 Å². The van der Waals surface area contributed by atoms with Gasteiger partial charge in [-0.3, -0.25) is 0 Å². The lowest BCUT2D eigenvalue weighted by atomic mass is 9.81. The lowest BCUT2D eigenvalue weighted by Gasteiger charge is -2.30. The Hall–Kier alpha value is -0.840. The largest absolute Gasteiger partial charge is 0.496 e. The van der Waals surface area contributed by atoms with Crippen LogP contribution in [0.15, 0.2) is 18.2 Å². The van der Waals surface area contributed by atoms with Gasteiger partial charge in [-0.15, -0.1) is 12.4 Å². The highest BCUT2D eigenvalue weighted by Crippen LogP contribution is 2.35. The summed E-state index contributed by atoms with van der Waals surface area (Å²) >= 11 is 0. The van der Waals surface area contributed by atoms with Gasteiger partial charge in [-0.1, -0.05) is 13.8 Å². The summed E-state index contributed by atoms with van der Waals surface area (Å²) in [4.78, 5) is 0. The van der Waals surface area contributed by atoms with Gasteiger partial charge in [0, 0.05) is 23.6 Å². The standard InChI is InChI=1S/C12H18FNO2.ClH/c1-12(2,7-15)11(14)9-6-8(13)4-5-10(9)16-3;/h4-6,11,15H,7,14H2,1-3H3;1H/t11-;/m1./s1. The minimum Gasteiger partial charge on any atom is -0.496 e. The highest BCUT2D eigenvalue weighted by molar-refractivity contribution is 5.85. The number of methoxy groups -OCH3 is 1. The molecule has 0 saturated carbocycles. The van der Waals surface area contributed by atoms with Gasteiger partial charge >= 0.3 is 0 Å². The van der Waals surface area contributed by atoms with Crippen LogP contribution in [0.25, 0.3) is 0 Å². The lowest BCUT2D eigenvalue weighted by Crippen LogP contribution is -2.32. The van der Waals surface area contributed by atoms with Crippen LogP contribution < -0.4 is 10.5 Å². The molecule has 0 saturated heterocycles. The van der Waals surface area contributed by atoms with E-state index in [1.54, 1.807) is 0 Å². The van der Waals surface area contributed by atoms with Crippen molar-refractivity contribution in [2.75, 3.05) is 13.7 Å². The molecule has 98 valence electrons. The van der Waals surface area contributed by atoms with E-state index in [1.807, 2.05) is 13.8 Å². The van der Waals surface area contributed by atoms with Crippen LogP contribution in [-0.2, 0) is 0 Å². The zero-order valence-corrected chi connectivity index (χ0v) is 11.1. The van der Waals surface area contributed by atoms with Gasteiger partial charge in [0.05, 0.1) is 7.11 Å². The second-order valence-electron chi connectivity index (χ2n) is 4.51. The molecule has 0 aliphatic heterocycles. The van der Waals surface area contributed by atoms with Crippen LogP contribution in [-0.4, -0.2) is 18.8 Å². The van der Waals surface area contributed by atoms with Crippen molar-refractivity contribution in [3.63, 3.8) is 0 Å². The molecule has 0 aliphatic carbocycles. The normalized spacial score (nSPS) is 12.8. The van der Waals surface area contributed by atoms with Gasteiger partial charge in [0.2, 0.25) is 0 Å². The van der Waals surface area contributed by atoms with Crippen molar-refractivity contribution >= 4 is 12.4 Å². The van der Waals surface area contributed by atoms with Crippen LogP contribution >= 0.6 is 12.4 Å². The fourth-order valence-electron chi connectivity index (χ4n) is 1.47. The predicted molar refractivity (Wildman–Crippen MR) is 68.0 cm³/mol. The molecular weight excluding hydrogens is 245 g/mol. The Balaban J connectivity index is 0.00000256. The Morgan fingerprint density at radius 3 is 2.53 bits per heavy atom. The summed E-state index contributed by atoms with van der Waals surface area (Å²) in [6.07, 6.45) is 0. The summed E-state index contributed by atoms with van der Waals surface area (Å²) in [5.74, 6) is 0.176. The van der Waals surface area contributed by atoms with E-state index in [9.17, 15) is 9.50 Å². The van der Waals surface area contributed by atoms with Crippen LogP contribution in [0.3, 0.4) is 0 Å². The maximum atomic E-state index is 13.2. The highest BCUT2D eigenvalue weighted by atomic mass is 35.5. The SMILES string of the molecule is COc1ccc(F)cc1[C@@H](N)C(C)(C)CO.Cl. The van der Waals surface area contributed by atoms with E-state index in [0.717, 1.165) is 0 Å². The Bertz CT molecular complexity index is 372. The minimum atomic E-state index is -0.527.